The number of hydrogen-bond acceptors (Lipinski definition) is 5. The molecule has 0 bridgehead atoms. The van der Waals surface area contributed by atoms with Crippen molar-refractivity contribution >= 4 is 29.3 Å². The number of aromatic amines is 1. The molecule has 0 spiro atoms. The van der Waals surface area contributed by atoms with Gasteiger partial charge in [-0.1, -0.05) is 23.9 Å². The van der Waals surface area contributed by atoms with Crippen molar-refractivity contribution < 1.29 is 14.7 Å². The van der Waals surface area contributed by atoms with Crippen LogP contribution in [0, 0.1) is 13.8 Å². The lowest BCUT2D eigenvalue weighted by molar-refractivity contribution is -0.135. The van der Waals surface area contributed by atoms with Gasteiger partial charge < -0.3 is 10.4 Å². The molecule has 3 rings (SSSR count). The molecular weight excluding hydrogens is 356 g/mol. The molecule has 0 aliphatic heterocycles. The molecule has 2 heterocycles. The van der Waals surface area contributed by atoms with E-state index < -0.39 is 23.9 Å². The van der Waals surface area contributed by atoms with Crippen LogP contribution in [0.25, 0.3) is 5.65 Å². The minimum atomic E-state index is -1.20. The standard InChI is InChI=1S/C17H16N4O4S/c1-9-4-3-5-12(10(9)2)26-13-6-11(22)15(16-19-8-20-21(13)16)17(25)18-7-14(23)24/h3-6,8H,7H2,1-2H3,(H,18,25)(H,19,20)(H,23,24). The van der Waals surface area contributed by atoms with Gasteiger partial charge in [0.1, 0.15) is 23.5 Å². The fourth-order valence-corrected chi connectivity index (χ4v) is 3.53. The Balaban J connectivity index is 2.05. The molecule has 0 fully saturated rings. The highest BCUT2D eigenvalue weighted by Gasteiger charge is 2.20. The minimum absolute atomic E-state index is 0.146. The van der Waals surface area contributed by atoms with E-state index in [1.807, 2.05) is 32.0 Å². The van der Waals surface area contributed by atoms with Gasteiger partial charge in [0, 0.05) is 11.0 Å². The van der Waals surface area contributed by atoms with Crippen molar-refractivity contribution in [2.75, 3.05) is 6.54 Å². The number of amides is 1. The van der Waals surface area contributed by atoms with E-state index >= 15 is 0 Å². The fraction of sp³-hybridized carbons (Fsp3) is 0.176. The molecule has 8 nitrogen and oxygen atoms in total. The van der Waals surface area contributed by atoms with Crippen molar-refractivity contribution in [3.63, 3.8) is 0 Å². The molecule has 26 heavy (non-hydrogen) atoms. The Bertz CT molecular complexity index is 1070. The van der Waals surface area contributed by atoms with Crippen LogP contribution in [0.3, 0.4) is 0 Å². The van der Waals surface area contributed by atoms with E-state index in [9.17, 15) is 14.4 Å². The lowest BCUT2D eigenvalue weighted by atomic mass is 10.1. The first-order valence-corrected chi connectivity index (χ1v) is 8.53. The van der Waals surface area contributed by atoms with Crippen LogP contribution in [0.1, 0.15) is 21.5 Å². The lowest BCUT2D eigenvalue weighted by Gasteiger charge is -2.10. The molecule has 2 aromatic heterocycles. The molecule has 3 aromatic rings. The van der Waals surface area contributed by atoms with Gasteiger partial charge in [-0.3, -0.25) is 19.5 Å². The number of carboxylic acids is 1. The Kier molecular flexibility index (Phi) is 4.81. The second-order valence-electron chi connectivity index (χ2n) is 5.64. The number of hydrogen-bond donors (Lipinski definition) is 3. The zero-order chi connectivity index (χ0) is 18.8. The zero-order valence-electron chi connectivity index (χ0n) is 14.1. The summed E-state index contributed by atoms with van der Waals surface area (Å²) in [5, 5.41) is 14.3. The first kappa shape index (κ1) is 17.7. The SMILES string of the molecule is Cc1cccc(Sc2cc(=O)c(C(=O)NCC(=O)O)c3nc[nH]n23)c1C. The highest BCUT2D eigenvalue weighted by Crippen LogP contribution is 2.31. The third-order valence-corrected chi connectivity index (χ3v) is 5.10. The number of aliphatic carboxylic acids is 1. The summed E-state index contributed by atoms with van der Waals surface area (Å²) in [6, 6.07) is 7.24. The van der Waals surface area contributed by atoms with Crippen LogP contribution < -0.4 is 10.7 Å². The molecule has 3 N–H and O–H groups in total. The van der Waals surface area contributed by atoms with E-state index in [-0.39, 0.29) is 11.2 Å². The van der Waals surface area contributed by atoms with Gasteiger partial charge in [-0.2, -0.15) is 0 Å². The second-order valence-corrected chi connectivity index (χ2v) is 6.71. The minimum Gasteiger partial charge on any atom is -0.480 e. The van der Waals surface area contributed by atoms with Crippen LogP contribution in [0.15, 0.2) is 45.3 Å². The summed E-state index contributed by atoms with van der Waals surface area (Å²) in [4.78, 5) is 40.4. The van der Waals surface area contributed by atoms with Crippen LogP contribution >= 0.6 is 11.8 Å². The molecule has 9 heteroatoms. The number of carbonyl (C=O) groups excluding carboxylic acids is 1. The summed E-state index contributed by atoms with van der Waals surface area (Å²) in [7, 11) is 0. The van der Waals surface area contributed by atoms with Crippen LogP contribution in [0.2, 0.25) is 0 Å². The monoisotopic (exact) mass is 372 g/mol. The highest BCUT2D eigenvalue weighted by molar-refractivity contribution is 7.99. The van der Waals surface area contributed by atoms with E-state index in [1.165, 1.54) is 28.7 Å². The first-order valence-electron chi connectivity index (χ1n) is 7.71. The molecule has 1 amide bonds. The Morgan fingerprint density at radius 3 is 2.85 bits per heavy atom. The maximum atomic E-state index is 12.5. The third kappa shape index (κ3) is 3.33. The summed E-state index contributed by atoms with van der Waals surface area (Å²) in [6.07, 6.45) is 1.37. The average molecular weight is 372 g/mol. The van der Waals surface area contributed by atoms with Crippen LogP contribution in [-0.4, -0.2) is 38.1 Å². The van der Waals surface area contributed by atoms with Crippen molar-refractivity contribution in [1.29, 1.82) is 0 Å². The van der Waals surface area contributed by atoms with Crippen LogP contribution in [-0.2, 0) is 4.79 Å². The van der Waals surface area contributed by atoms with E-state index in [0.717, 1.165) is 16.0 Å². The smallest absolute Gasteiger partial charge is 0.322 e. The van der Waals surface area contributed by atoms with Crippen molar-refractivity contribution in [2.45, 2.75) is 23.8 Å². The van der Waals surface area contributed by atoms with Gasteiger partial charge in [-0.15, -0.1) is 0 Å². The average Bonchev–Trinajstić information content (AvgIpc) is 3.06. The maximum absolute atomic E-state index is 12.5. The molecule has 134 valence electrons. The number of nitrogens with one attached hydrogen (secondary N) is 2. The molecule has 1 aromatic carbocycles. The van der Waals surface area contributed by atoms with Gasteiger partial charge in [-0.25, -0.2) is 9.50 Å². The predicted molar refractivity (Wildman–Crippen MR) is 95.8 cm³/mol. The number of pyridine rings is 1. The van der Waals surface area contributed by atoms with E-state index in [4.69, 9.17) is 5.11 Å². The number of carboxylic acid groups (broad SMARTS) is 1. The van der Waals surface area contributed by atoms with Gasteiger partial charge in [0.2, 0.25) is 0 Å². The van der Waals surface area contributed by atoms with Crippen molar-refractivity contribution in [3.05, 3.63) is 57.5 Å². The van der Waals surface area contributed by atoms with Gasteiger partial charge in [0.15, 0.2) is 11.1 Å². The summed E-state index contributed by atoms with van der Waals surface area (Å²) < 4.78 is 1.53. The number of benzene rings is 1. The van der Waals surface area contributed by atoms with Crippen LogP contribution in [0.5, 0.6) is 0 Å². The zero-order valence-corrected chi connectivity index (χ0v) is 14.9. The molecule has 0 saturated carbocycles. The highest BCUT2D eigenvalue weighted by atomic mass is 32.2. The molecular formula is C17H16N4O4S. The van der Waals surface area contributed by atoms with E-state index in [1.54, 1.807) is 0 Å². The quantitative estimate of drug-likeness (QED) is 0.626. The Morgan fingerprint density at radius 1 is 1.35 bits per heavy atom. The number of H-pyrrole nitrogens is 1. The van der Waals surface area contributed by atoms with Crippen LogP contribution in [0.4, 0.5) is 0 Å². The predicted octanol–water partition coefficient (Wildman–Crippen LogP) is 1.61. The summed E-state index contributed by atoms with van der Waals surface area (Å²) >= 11 is 1.38. The number of aromatic nitrogens is 3. The van der Waals surface area contributed by atoms with E-state index in [0.29, 0.717) is 5.03 Å². The van der Waals surface area contributed by atoms with Crippen molar-refractivity contribution in [2.24, 2.45) is 0 Å². The summed E-state index contributed by atoms with van der Waals surface area (Å²) in [5.41, 5.74) is 1.66. The van der Waals surface area contributed by atoms with Gasteiger partial charge in [-0.05, 0) is 31.0 Å². The van der Waals surface area contributed by atoms with Crippen molar-refractivity contribution in [1.82, 2.24) is 19.9 Å². The molecule has 0 radical (unpaired) electrons. The molecule has 0 aliphatic carbocycles. The molecule has 0 aliphatic rings. The third-order valence-electron chi connectivity index (χ3n) is 3.93. The Labute approximate surface area is 152 Å². The lowest BCUT2D eigenvalue weighted by Crippen LogP contribution is -2.33. The van der Waals surface area contributed by atoms with Gasteiger partial charge in [0.05, 0.1) is 0 Å². The molecule has 0 unspecified atom stereocenters. The molecule has 0 saturated heterocycles. The summed E-state index contributed by atoms with van der Waals surface area (Å²) in [6.45, 7) is 3.43. The van der Waals surface area contributed by atoms with Gasteiger partial charge in [0.25, 0.3) is 5.91 Å². The number of fused-ring (bicyclic) bond motifs is 1. The maximum Gasteiger partial charge on any atom is 0.322 e. The van der Waals surface area contributed by atoms with E-state index in [2.05, 4.69) is 15.4 Å². The fourth-order valence-electron chi connectivity index (χ4n) is 2.45. The number of carbonyl (C=O) groups is 2. The largest absolute Gasteiger partial charge is 0.480 e. The normalized spacial score (nSPS) is 10.8. The van der Waals surface area contributed by atoms with Gasteiger partial charge >= 0.3 is 5.97 Å². The number of nitrogens with zero attached hydrogens (tertiary/aromatic N) is 2. The topological polar surface area (TPSA) is 117 Å². The Hall–Kier alpha value is -3.07. The first-order chi connectivity index (χ1) is 12.4. The number of rotatable bonds is 5. The Morgan fingerprint density at radius 2 is 2.12 bits per heavy atom. The molecule has 0 atom stereocenters. The second kappa shape index (κ2) is 7.04. The number of aryl methyl sites for hydroxylation is 1. The summed E-state index contributed by atoms with van der Waals surface area (Å²) in [5.74, 6) is -1.97. The van der Waals surface area contributed by atoms with Crippen molar-refractivity contribution in [3.8, 4) is 0 Å².